The number of rotatable bonds is 3. The fourth-order valence-electron chi connectivity index (χ4n) is 2.55. The molecule has 0 saturated heterocycles. The number of nitrogens with one attached hydrogen (secondary N) is 1. The second-order valence-corrected chi connectivity index (χ2v) is 9.90. The fraction of sp³-hybridized carbons (Fsp3) is 0.467. The van der Waals surface area contributed by atoms with E-state index < -0.39 is 8.48 Å². The summed E-state index contributed by atoms with van der Waals surface area (Å²) in [5.74, 6) is 1.02. The first-order valence-electron chi connectivity index (χ1n) is 6.54. The van der Waals surface area contributed by atoms with Gasteiger partial charge in [-0.3, -0.25) is 0 Å². The van der Waals surface area contributed by atoms with E-state index in [0.29, 0.717) is 0 Å². The number of fused-ring (bicyclic) bond motifs is 1. The average molecular weight is 277 g/mol. The molecule has 0 spiro atoms. The van der Waals surface area contributed by atoms with Gasteiger partial charge in [-0.15, -0.1) is 0 Å². The molecule has 1 aliphatic rings. The summed E-state index contributed by atoms with van der Waals surface area (Å²) >= 11 is 0. The fourth-order valence-corrected chi connectivity index (χ4v) is 5.14. The van der Waals surface area contributed by atoms with E-state index in [-0.39, 0.29) is 43.3 Å². The van der Waals surface area contributed by atoms with Crippen molar-refractivity contribution in [2.24, 2.45) is 0 Å². The first-order chi connectivity index (χ1) is 8.27. The van der Waals surface area contributed by atoms with Crippen molar-refractivity contribution in [2.75, 3.05) is 0 Å². The zero-order valence-corrected chi connectivity index (χ0v) is 13.0. The van der Waals surface area contributed by atoms with Gasteiger partial charge in [0, 0.05) is 11.1 Å². The zero-order chi connectivity index (χ0) is 13.4. The van der Waals surface area contributed by atoms with E-state index in [1.807, 2.05) is 0 Å². The van der Waals surface area contributed by atoms with Crippen molar-refractivity contribution in [1.82, 2.24) is 4.98 Å². The van der Waals surface area contributed by atoms with Crippen LogP contribution in [0.15, 0.2) is 24.3 Å². The monoisotopic (exact) mass is 277 g/mol. The summed E-state index contributed by atoms with van der Waals surface area (Å²) in [5.41, 5.74) is 2.71. The molecule has 0 amide bonds. The van der Waals surface area contributed by atoms with Crippen LogP contribution in [0.4, 0.5) is 0 Å². The molecule has 1 aliphatic carbocycles. The van der Waals surface area contributed by atoms with Crippen LogP contribution < -0.4 is 9.41 Å². The van der Waals surface area contributed by atoms with Crippen LogP contribution in [-0.4, -0.2) is 51.7 Å². The van der Waals surface area contributed by atoms with Gasteiger partial charge in [-0.25, -0.2) is 0 Å². The summed E-state index contributed by atoms with van der Waals surface area (Å²) in [6.45, 7) is 11.0. The van der Waals surface area contributed by atoms with Gasteiger partial charge in [-0.2, -0.15) is 0 Å². The summed E-state index contributed by atoms with van der Waals surface area (Å²) in [6.07, 6.45) is 5.40. The molecular formula is C15H25Li2NOSi. The Bertz CT molecular complexity index is 481. The van der Waals surface area contributed by atoms with Crippen molar-refractivity contribution < 1.29 is 4.43 Å². The molecule has 2 nitrogen and oxygen atoms in total. The minimum atomic E-state index is -1.91. The second kappa shape index (κ2) is 7.41. The van der Waals surface area contributed by atoms with Crippen molar-refractivity contribution >= 4 is 52.3 Å². The van der Waals surface area contributed by atoms with Gasteiger partial charge in [0.05, 0.1) is 0 Å². The second-order valence-electron chi connectivity index (χ2n) is 6.42. The molecule has 20 heavy (non-hydrogen) atoms. The van der Waals surface area contributed by atoms with E-state index in [2.05, 4.69) is 69.2 Å². The van der Waals surface area contributed by atoms with E-state index >= 15 is 0 Å². The average Bonchev–Trinajstić information content (AvgIpc) is 2.61. The van der Waals surface area contributed by atoms with Crippen LogP contribution >= 0.6 is 0 Å². The van der Waals surface area contributed by atoms with Crippen LogP contribution in [0.2, 0.25) is 13.1 Å². The topological polar surface area (TPSA) is 21.3 Å². The van der Waals surface area contributed by atoms with Crippen molar-refractivity contribution in [1.29, 1.82) is 0 Å². The Morgan fingerprint density at radius 1 is 1.15 bits per heavy atom. The minimum absolute atomic E-state index is 0. The third-order valence-corrected chi connectivity index (χ3v) is 4.90. The van der Waals surface area contributed by atoms with Crippen LogP contribution in [0.3, 0.4) is 0 Å². The van der Waals surface area contributed by atoms with E-state index in [9.17, 15) is 0 Å². The summed E-state index contributed by atoms with van der Waals surface area (Å²) in [5, 5.41) is 0. The number of benzene rings is 1. The Morgan fingerprint density at radius 2 is 1.80 bits per heavy atom. The van der Waals surface area contributed by atoms with Crippen LogP contribution in [-0.2, 0) is 6.42 Å². The van der Waals surface area contributed by atoms with E-state index in [0.717, 1.165) is 12.2 Å². The summed E-state index contributed by atoms with van der Waals surface area (Å²) in [7, 11) is -1.91. The van der Waals surface area contributed by atoms with Crippen LogP contribution in [0.5, 0.6) is 5.75 Å². The molecule has 0 fully saturated rings. The Hall–Kier alpha value is 0.132. The van der Waals surface area contributed by atoms with Crippen molar-refractivity contribution in [2.45, 2.75) is 45.8 Å². The normalized spacial score (nSPS) is 13.2. The van der Waals surface area contributed by atoms with Crippen molar-refractivity contribution in [3.8, 4) is 5.75 Å². The van der Waals surface area contributed by atoms with Gasteiger partial charge in [0.25, 0.3) is 0 Å². The van der Waals surface area contributed by atoms with Gasteiger partial charge in [0.1, 0.15) is 5.75 Å². The third kappa shape index (κ3) is 5.49. The SMILES string of the molecule is CC(C)(C)N[Si](C)(C)Oc1cccc2c1C=CC2.[LiH].[LiH]. The Labute approximate surface area is 148 Å². The molecule has 0 unspecified atom stereocenters. The Morgan fingerprint density at radius 3 is 2.40 bits per heavy atom. The van der Waals surface area contributed by atoms with Gasteiger partial charge in [0.2, 0.25) is 0 Å². The molecule has 1 aromatic carbocycles. The van der Waals surface area contributed by atoms with Crippen LogP contribution in [0.25, 0.3) is 6.08 Å². The third-order valence-electron chi connectivity index (χ3n) is 2.82. The number of hydrogen-bond donors (Lipinski definition) is 1. The molecule has 5 heteroatoms. The summed E-state index contributed by atoms with van der Waals surface area (Å²) < 4.78 is 6.30. The van der Waals surface area contributed by atoms with E-state index in [4.69, 9.17) is 4.43 Å². The predicted octanol–water partition coefficient (Wildman–Crippen LogP) is 2.43. The quantitative estimate of drug-likeness (QED) is 0.857. The van der Waals surface area contributed by atoms with Crippen molar-refractivity contribution in [3.63, 3.8) is 0 Å². The summed E-state index contributed by atoms with van der Waals surface area (Å²) in [6, 6.07) is 6.34. The molecular weight excluding hydrogens is 252 g/mol. The van der Waals surface area contributed by atoms with Gasteiger partial charge in [-0.05, 0) is 51.9 Å². The molecule has 102 valence electrons. The number of allylic oxidation sites excluding steroid dienone is 1. The van der Waals surface area contributed by atoms with Gasteiger partial charge in [-0.1, -0.05) is 24.3 Å². The first kappa shape index (κ1) is 20.1. The van der Waals surface area contributed by atoms with Crippen molar-refractivity contribution in [3.05, 3.63) is 35.4 Å². The van der Waals surface area contributed by atoms with Crippen LogP contribution in [0.1, 0.15) is 31.9 Å². The molecule has 0 atom stereocenters. The standard InChI is InChI=1S/C15H23NOSi.2Li.2H/c1-15(2,3)16-18(4,5)17-14-11-7-9-12-8-6-10-13(12)14;;;;/h6-7,9-11,16H,8H2,1-5H3;;;;. The Balaban J connectivity index is 0.00000180. The molecule has 0 radical (unpaired) electrons. The molecule has 0 bridgehead atoms. The summed E-state index contributed by atoms with van der Waals surface area (Å²) in [4.78, 5) is 3.63. The van der Waals surface area contributed by atoms with Crippen LogP contribution in [0, 0.1) is 0 Å². The molecule has 2 rings (SSSR count). The maximum atomic E-state index is 6.30. The predicted molar refractivity (Wildman–Crippen MR) is 94.5 cm³/mol. The number of hydrogen-bond acceptors (Lipinski definition) is 2. The van der Waals surface area contributed by atoms with Gasteiger partial charge in [0.15, 0.2) is 0 Å². The molecule has 0 heterocycles. The van der Waals surface area contributed by atoms with E-state index in [1.54, 1.807) is 0 Å². The molecule has 1 N–H and O–H groups in total. The molecule has 0 saturated carbocycles. The first-order valence-corrected chi connectivity index (χ1v) is 9.44. The molecule has 1 aromatic rings. The van der Waals surface area contributed by atoms with Gasteiger partial charge < -0.3 is 9.41 Å². The maximum absolute atomic E-state index is 6.30. The Kier molecular flexibility index (Phi) is 7.46. The molecule has 0 aliphatic heterocycles. The van der Waals surface area contributed by atoms with Gasteiger partial charge >= 0.3 is 46.2 Å². The van der Waals surface area contributed by atoms with E-state index in [1.165, 1.54) is 11.1 Å². The zero-order valence-electron chi connectivity index (χ0n) is 12.0. The molecule has 0 aromatic heterocycles.